The topological polar surface area (TPSA) is 82.1 Å². The van der Waals surface area contributed by atoms with E-state index in [4.69, 9.17) is 16.3 Å². The molecule has 0 aliphatic carbocycles. The first-order valence-electron chi connectivity index (χ1n) is 9.24. The van der Waals surface area contributed by atoms with Gasteiger partial charge >= 0.3 is 12.0 Å². The van der Waals surface area contributed by atoms with Crippen LogP contribution in [0.4, 0.5) is 10.5 Å². The normalized spacial score (nSPS) is 25.4. The third-order valence-electron chi connectivity index (χ3n) is 5.29. The number of hydrogen-bond donors (Lipinski definition) is 2. The molecule has 1 aromatic carbocycles. The fraction of sp³-hybridized carbons (Fsp3) is 0.579. The van der Waals surface area contributed by atoms with Crippen molar-refractivity contribution in [3.8, 4) is 5.75 Å². The maximum Gasteiger partial charge on any atom is 0.317 e. The van der Waals surface area contributed by atoms with Gasteiger partial charge in [0.05, 0.1) is 18.7 Å². The van der Waals surface area contributed by atoms with Crippen molar-refractivity contribution in [2.45, 2.75) is 25.8 Å². The second kappa shape index (κ2) is 8.25. The Morgan fingerprint density at radius 2 is 2.07 bits per heavy atom. The molecule has 148 valence electrons. The number of amides is 2. The fourth-order valence-corrected chi connectivity index (χ4v) is 4.14. The number of carboxylic acid groups (broad SMARTS) is 1. The van der Waals surface area contributed by atoms with Crippen LogP contribution in [0.15, 0.2) is 18.2 Å². The van der Waals surface area contributed by atoms with Crippen molar-refractivity contribution >= 4 is 29.3 Å². The van der Waals surface area contributed by atoms with E-state index in [2.05, 4.69) is 10.2 Å². The molecule has 2 N–H and O–H groups in total. The molecule has 8 heteroatoms. The highest BCUT2D eigenvalue weighted by Crippen LogP contribution is 2.33. The van der Waals surface area contributed by atoms with Crippen LogP contribution in [0.3, 0.4) is 0 Å². The number of carbonyl (C=O) groups excluding carboxylic acids is 1. The first kappa shape index (κ1) is 19.6. The van der Waals surface area contributed by atoms with E-state index in [1.54, 1.807) is 18.1 Å². The Hall–Kier alpha value is -2.15. The minimum absolute atomic E-state index is 0.00157. The number of methoxy groups -OCH3 is 1. The molecule has 27 heavy (non-hydrogen) atoms. The van der Waals surface area contributed by atoms with Crippen molar-refractivity contribution < 1.29 is 19.4 Å². The van der Waals surface area contributed by atoms with Crippen molar-refractivity contribution in [3.63, 3.8) is 0 Å². The number of nitrogens with zero attached hydrogens (tertiary/aromatic N) is 2. The predicted molar refractivity (Wildman–Crippen MR) is 104 cm³/mol. The molecule has 0 saturated carbocycles. The maximum atomic E-state index is 12.6. The van der Waals surface area contributed by atoms with Gasteiger partial charge in [-0.15, -0.1) is 0 Å². The molecule has 3 rings (SSSR count). The lowest BCUT2D eigenvalue weighted by atomic mass is 9.91. The molecule has 2 aliphatic rings. The van der Waals surface area contributed by atoms with Gasteiger partial charge in [0.15, 0.2) is 0 Å². The number of likely N-dealkylation sites (tertiary alicyclic amines) is 1. The van der Waals surface area contributed by atoms with Crippen LogP contribution < -0.4 is 15.0 Å². The summed E-state index contributed by atoms with van der Waals surface area (Å²) in [5.41, 5.74) is 0.916. The lowest BCUT2D eigenvalue weighted by Crippen LogP contribution is -2.52. The number of piperidine rings is 1. The van der Waals surface area contributed by atoms with E-state index in [-0.39, 0.29) is 24.5 Å². The van der Waals surface area contributed by atoms with Crippen LogP contribution in [0, 0.1) is 11.8 Å². The minimum Gasteiger partial charge on any atom is -0.495 e. The van der Waals surface area contributed by atoms with E-state index in [1.165, 1.54) is 0 Å². The van der Waals surface area contributed by atoms with Crippen LogP contribution in [-0.2, 0) is 4.79 Å². The smallest absolute Gasteiger partial charge is 0.317 e. The second-order valence-electron chi connectivity index (χ2n) is 7.48. The van der Waals surface area contributed by atoms with Crippen LogP contribution in [0.5, 0.6) is 5.75 Å². The van der Waals surface area contributed by atoms with Crippen LogP contribution in [0.2, 0.25) is 5.02 Å². The molecular weight excluding hydrogens is 370 g/mol. The van der Waals surface area contributed by atoms with Crippen LogP contribution >= 0.6 is 11.6 Å². The van der Waals surface area contributed by atoms with Crippen molar-refractivity contribution in [1.29, 1.82) is 0 Å². The average Bonchev–Trinajstić information content (AvgIpc) is 3.09. The summed E-state index contributed by atoms with van der Waals surface area (Å²) in [6.07, 6.45) is 1.43. The number of halogens is 1. The van der Waals surface area contributed by atoms with E-state index >= 15 is 0 Å². The SMILES string of the molecule is COc1ccc(Cl)cc1N1CCC(NC(=O)N2CC(C)CC(C(=O)O)C2)C1. The number of urea groups is 1. The van der Waals surface area contributed by atoms with Crippen LogP contribution in [0.25, 0.3) is 0 Å². The quantitative estimate of drug-likeness (QED) is 0.819. The summed E-state index contributed by atoms with van der Waals surface area (Å²) < 4.78 is 5.42. The van der Waals surface area contributed by atoms with Crippen molar-refractivity contribution in [3.05, 3.63) is 23.2 Å². The molecule has 2 heterocycles. The summed E-state index contributed by atoms with van der Waals surface area (Å²) >= 11 is 6.12. The third-order valence-corrected chi connectivity index (χ3v) is 5.53. The summed E-state index contributed by atoms with van der Waals surface area (Å²) in [4.78, 5) is 27.7. The molecule has 3 unspecified atom stereocenters. The molecule has 7 nitrogen and oxygen atoms in total. The van der Waals surface area contributed by atoms with E-state index in [0.717, 1.165) is 24.4 Å². The lowest BCUT2D eigenvalue weighted by Gasteiger charge is -2.35. The van der Waals surface area contributed by atoms with Crippen molar-refractivity contribution in [2.75, 3.05) is 38.2 Å². The van der Waals surface area contributed by atoms with E-state index < -0.39 is 11.9 Å². The molecule has 2 saturated heterocycles. The number of rotatable bonds is 4. The zero-order chi connectivity index (χ0) is 19.6. The zero-order valence-electron chi connectivity index (χ0n) is 15.7. The first-order valence-corrected chi connectivity index (χ1v) is 9.62. The Morgan fingerprint density at radius 3 is 2.78 bits per heavy atom. The van der Waals surface area contributed by atoms with E-state index in [1.807, 2.05) is 19.1 Å². The van der Waals surface area contributed by atoms with Crippen molar-refractivity contribution in [2.24, 2.45) is 11.8 Å². The highest BCUT2D eigenvalue weighted by atomic mass is 35.5. The fourth-order valence-electron chi connectivity index (χ4n) is 3.97. The minimum atomic E-state index is -0.834. The second-order valence-corrected chi connectivity index (χ2v) is 7.91. The number of anilines is 1. The molecule has 1 aromatic rings. The molecule has 2 aliphatic heterocycles. The highest BCUT2D eigenvalue weighted by Gasteiger charge is 2.33. The molecule has 3 atom stereocenters. The van der Waals surface area contributed by atoms with Gasteiger partial charge in [0.1, 0.15) is 5.75 Å². The van der Waals surface area contributed by atoms with Gasteiger partial charge in [-0.2, -0.15) is 0 Å². The number of carboxylic acids is 1. The predicted octanol–water partition coefficient (Wildman–Crippen LogP) is 2.68. The Labute approximate surface area is 164 Å². The van der Waals surface area contributed by atoms with Gasteiger partial charge in [-0.25, -0.2) is 4.79 Å². The van der Waals surface area contributed by atoms with Gasteiger partial charge in [-0.05, 0) is 37.0 Å². The molecular formula is C19H26ClN3O4. The number of aliphatic carboxylic acids is 1. The summed E-state index contributed by atoms with van der Waals surface area (Å²) in [5, 5.41) is 13.0. The summed E-state index contributed by atoms with van der Waals surface area (Å²) in [6.45, 7) is 4.29. The standard InChI is InChI=1S/C19H26ClN3O4/c1-12-7-13(18(24)25)10-23(9-12)19(26)21-15-5-6-22(11-15)16-8-14(20)3-4-17(16)27-2/h3-4,8,12-13,15H,5-7,9-11H2,1-2H3,(H,21,26)(H,24,25). The van der Waals surface area contributed by atoms with Crippen molar-refractivity contribution in [1.82, 2.24) is 10.2 Å². The van der Waals surface area contributed by atoms with Gasteiger partial charge in [0, 0.05) is 37.2 Å². The average molecular weight is 396 g/mol. The van der Waals surface area contributed by atoms with Gasteiger partial charge in [0.25, 0.3) is 0 Å². The molecule has 0 aromatic heterocycles. The van der Waals surface area contributed by atoms with Crippen LogP contribution in [-0.4, -0.2) is 61.3 Å². The molecule has 0 spiro atoms. The molecule has 2 fully saturated rings. The summed E-state index contributed by atoms with van der Waals surface area (Å²) in [7, 11) is 1.62. The number of ether oxygens (including phenoxy) is 1. The Bertz CT molecular complexity index is 714. The third kappa shape index (κ3) is 4.58. The van der Waals surface area contributed by atoms with Gasteiger partial charge in [-0.1, -0.05) is 18.5 Å². The summed E-state index contributed by atoms with van der Waals surface area (Å²) in [5.74, 6) is -0.392. The lowest BCUT2D eigenvalue weighted by molar-refractivity contribution is -0.143. The number of nitrogens with one attached hydrogen (secondary N) is 1. The Morgan fingerprint density at radius 1 is 1.30 bits per heavy atom. The highest BCUT2D eigenvalue weighted by molar-refractivity contribution is 6.30. The van der Waals surface area contributed by atoms with Gasteiger partial charge in [-0.3, -0.25) is 4.79 Å². The van der Waals surface area contributed by atoms with Gasteiger partial charge in [0.2, 0.25) is 0 Å². The van der Waals surface area contributed by atoms with Gasteiger partial charge < -0.3 is 25.0 Å². The molecule has 0 bridgehead atoms. The Balaban J connectivity index is 1.60. The monoisotopic (exact) mass is 395 g/mol. The number of hydrogen-bond acceptors (Lipinski definition) is 4. The van der Waals surface area contributed by atoms with E-state index in [0.29, 0.717) is 24.5 Å². The Kier molecular flexibility index (Phi) is 5.99. The maximum absolute atomic E-state index is 12.6. The first-order chi connectivity index (χ1) is 12.9. The van der Waals surface area contributed by atoms with E-state index in [9.17, 15) is 14.7 Å². The zero-order valence-corrected chi connectivity index (χ0v) is 16.4. The van der Waals surface area contributed by atoms with Crippen LogP contribution in [0.1, 0.15) is 19.8 Å². The summed E-state index contributed by atoms with van der Waals surface area (Å²) in [6, 6.07) is 5.31. The number of carbonyl (C=O) groups is 2. The molecule has 2 amide bonds. The largest absolute Gasteiger partial charge is 0.495 e. The number of benzene rings is 1. The molecule has 0 radical (unpaired) electrons.